The Morgan fingerprint density at radius 3 is 2.17 bits per heavy atom. The van der Waals surface area contributed by atoms with Crippen LogP contribution >= 0.6 is 0 Å². The highest BCUT2D eigenvalue weighted by molar-refractivity contribution is 5.96. The van der Waals surface area contributed by atoms with E-state index < -0.39 is 17.2 Å². The second-order valence-electron chi connectivity index (χ2n) is 13.0. The van der Waals surface area contributed by atoms with E-state index in [0.717, 1.165) is 43.9 Å². The molecule has 11 heteroatoms. The van der Waals surface area contributed by atoms with Crippen LogP contribution < -0.4 is 14.2 Å². The van der Waals surface area contributed by atoms with E-state index in [1.165, 1.54) is 33.5 Å². The minimum atomic E-state index is -0.665. The summed E-state index contributed by atoms with van der Waals surface area (Å²) in [7, 11) is 4.50. The lowest BCUT2D eigenvalue weighted by Gasteiger charge is -2.40. The average molecular weight is 644 g/mol. The van der Waals surface area contributed by atoms with Gasteiger partial charge in [-0.2, -0.15) is 0 Å². The molecule has 2 amide bonds. The van der Waals surface area contributed by atoms with E-state index in [0.29, 0.717) is 42.4 Å². The first kappa shape index (κ1) is 35.0. The van der Waals surface area contributed by atoms with Crippen LogP contribution in [0.2, 0.25) is 0 Å². The van der Waals surface area contributed by atoms with Gasteiger partial charge in [-0.05, 0) is 84.2 Å². The van der Waals surface area contributed by atoms with E-state index in [1.807, 2.05) is 27.7 Å². The monoisotopic (exact) mass is 643 g/mol. The Hall–Kier alpha value is -3.86. The molecule has 0 bridgehead atoms. The molecule has 2 saturated heterocycles. The molecular weight excluding hydrogens is 596 g/mol. The molecule has 2 heterocycles. The van der Waals surface area contributed by atoms with Gasteiger partial charge in [-0.3, -0.25) is 9.69 Å². The van der Waals surface area contributed by atoms with Crippen LogP contribution in [0.15, 0.2) is 35.9 Å². The van der Waals surface area contributed by atoms with Gasteiger partial charge in [0.2, 0.25) is 5.75 Å². The normalized spacial score (nSPS) is 18.0. The lowest BCUT2D eigenvalue weighted by molar-refractivity contribution is 0.0123. The van der Waals surface area contributed by atoms with E-state index in [-0.39, 0.29) is 36.2 Å². The minimum absolute atomic E-state index is 0.0967. The number of piperidine rings is 1. The standard InChI is InChI=1S/C35H47F2N3O6/c1-23(17-24-10-11-26(36)20-29(24)37)21-39(33(41)25-18-30(43-5)32(45-7)31(19-25)44-6)22-28-9-8-14-40(28)27-12-15-38(16-13-27)34(42)46-35(2,3)4/h10-11,17-20,27-28H,8-9,12-16,21-22H2,1-7H3/t28-/m1/s1. The van der Waals surface area contributed by atoms with Crippen molar-refractivity contribution < 1.29 is 37.3 Å². The SMILES string of the molecule is COc1cc(C(=O)N(CC(C)=Cc2ccc(F)cc2F)C[C@H]2CCCN2C2CCN(C(=O)OC(C)(C)C)CC2)cc(OC)c1OC. The highest BCUT2D eigenvalue weighted by Gasteiger charge is 2.36. The number of methoxy groups -OCH3 is 3. The summed E-state index contributed by atoms with van der Waals surface area (Å²) in [4.78, 5) is 32.9. The fourth-order valence-corrected chi connectivity index (χ4v) is 6.33. The van der Waals surface area contributed by atoms with Gasteiger partial charge in [0.1, 0.15) is 17.2 Å². The summed E-state index contributed by atoms with van der Waals surface area (Å²) in [6.07, 6.45) is 4.91. The predicted molar refractivity (Wildman–Crippen MR) is 173 cm³/mol. The number of likely N-dealkylation sites (tertiary alicyclic amines) is 2. The molecule has 0 aliphatic carbocycles. The molecule has 9 nitrogen and oxygen atoms in total. The molecule has 4 rings (SSSR count). The summed E-state index contributed by atoms with van der Waals surface area (Å²) in [5.74, 6) is -0.435. The molecule has 0 radical (unpaired) electrons. The number of ether oxygens (including phenoxy) is 4. The van der Waals surface area contributed by atoms with Crippen LogP contribution in [0.3, 0.4) is 0 Å². The van der Waals surface area contributed by atoms with Gasteiger partial charge in [0, 0.05) is 55.5 Å². The number of carbonyl (C=O) groups excluding carboxylic acids is 2. The summed E-state index contributed by atoms with van der Waals surface area (Å²) in [5, 5.41) is 0. The number of carbonyl (C=O) groups is 2. The van der Waals surface area contributed by atoms with Crippen molar-refractivity contribution in [1.29, 1.82) is 0 Å². The Labute approximate surface area is 271 Å². The van der Waals surface area contributed by atoms with Crippen LogP contribution in [-0.4, -0.2) is 98.4 Å². The first-order valence-electron chi connectivity index (χ1n) is 15.8. The molecule has 1 atom stereocenters. The number of benzene rings is 2. The van der Waals surface area contributed by atoms with Crippen molar-refractivity contribution in [1.82, 2.24) is 14.7 Å². The van der Waals surface area contributed by atoms with E-state index in [2.05, 4.69) is 4.90 Å². The molecule has 0 spiro atoms. The quantitative estimate of drug-likeness (QED) is 0.297. The molecular formula is C35H47F2N3O6. The molecule has 0 saturated carbocycles. The predicted octanol–water partition coefficient (Wildman–Crippen LogP) is 6.40. The summed E-state index contributed by atoms with van der Waals surface area (Å²) in [6.45, 7) is 10.2. The zero-order chi connectivity index (χ0) is 33.6. The highest BCUT2D eigenvalue weighted by Crippen LogP contribution is 2.39. The number of nitrogens with zero attached hydrogens (tertiary/aromatic N) is 3. The van der Waals surface area contributed by atoms with Gasteiger partial charge in [-0.1, -0.05) is 11.6 Å². The van der Waals surface area contributed by atoms with Crippen molar-refractivity contribution in [2.45, 2.75) is 71.1 Å². The van der Waals surface area contributed by atoms with Crippen molar-refractivity contribution in [3.8, 4) is 17.2 Å². The molecule has 2 aliphatic rings. The average Bonchev–Trinajstić information content (AvgIpc) is 3.48. The van der Waals surface area contributed by atoms with Gasteiger partial charge in [-0.15, -0.1) is 0 Å². The summed E-state index contributed by atoms with van der Waals surface area (Å²) < 4.78 is 50.1. The number of rotatable bonds is 10. The molecule has 252 valence electrons. The number of amides is 2. The van der Waals surface area contributed by atoms with Crippen LogP contribution in [-0.2, 0) is 4.74 Å². The fourth-order valence-electron chi connectivity index (χ4n) is 6.33. The van der Waals surface area contributed by atoms with Gasteiger partial charge >= 0.3 is 6.09 Å². The van der Waals surface area contributed by atoms with Gasteiger partial charge in [0.15, 0.2) is 11.5 Å². The third kappa shape index (κ3) is 8.69. The summed E-state index contributed by atoms with van der Waals surface area (Å²) in [5.41, 5.74) is 0.807. The zero-order valence-electron chi connectivity index (χ0n) is 28.0. The maximum atomic E-state index is 14.5. The van der Waals surface area contributed by atoms with E-state index in [1.54, 1.807) is 28.0 Å². The smallest absolute Gasteiger partial charge is 0.410 e. The van der Waals surface area contributed by atoms with Crippen molar-refractivity contribution >= 4 is 18.1 Å². The van der Waals surface area contributed by atoms with Crippen molar-refractivity contribution in [2.75, 3.05) is 54.1 Å². The van der Waals surface area contributed by atoms with E-state index >= 15 is 0 Å². The third-order valence-electron chi connectivity index (χ3n) is 8.44. The second-order valence-corrected chi connectivity index (χ2v) is 13.0. The number of hydrogen-bond acceptors (Lipinski definition) is 7. The zero-order valence-corrected chi connectivity index (χ0v) is 28.0. The first-order valence-corrected chi connectivity index (χ1v) is 15.8. The van der Waals surface area contributed by atoms with Crippen molar-refractivity contribution in [3.05, 3.63) is 58.7 Å². The maximum Gasteiger partial charge on any atom is 0.410 e. The van der Waals surface area contributed by atoms with Crippen LogP contribution in [0, 0.1) is 11.6 Å². The molecule has 2 aliphatic heterocycles. The summed E-state index contributed by atoms with van der Waals surface area (Å²) in [6, 6.07) is 7.09. The van der Waals surface area contributed by atoms with Crippen LogP contribution in [0.4, 0.5) is 13.6 Å². The highest BCUT2D eigenvalue weighted by atomic mass is 19.1. The molecule has 2 fully saturated rings. The Bertz CT molecular complexity index is 1390. The Morgan fingerprint density at radius 1 is 0.957 bits per heavy atom. The van der Waals surface area contributed by atoms with Gasteiger partial charge in [0.25, 0.3) is 5.91 Å². The molecule has 2 aromatic carbocycles. The molecule has 46 heavy (non-hydrogen) atoms. The Kier molecular flexibility index (Phi) is 11.5. The van der Waals surface area contributed by atoms with Gasteiger partial charge < -0.3 is 28.7 Å². The van der Waals surface area contributed by atoms with Gasteiger partial charge in [-0.25, -0.2) is 13.6 Å². The Balaban J connectivity index is 1.57. The first-order chi connectivity index (χ1) is 21.8. The summed E-state index contributed by atoms with van der Waals surface area (Å²) >= 11 is 0. The lowest BCUT2D eigenvalue weighted by atomic mass is 10.0. The number of halogens is 2. The lowest BCUT2D eigenvalue weighted by Crippen LogP contribution is -2.52. The van der Waals surface area contributed by atoms with Crippen molar-refractivity contribution in [3.63, 3.8) is 0 Å². The molecule has 2 aromatic rings. The van der Waals surface area contributed by atoms with Crippen LogP contribution in [0.25, 0.3) is 6.08 Å². The third-order valence-corrected chi connectivity index (χ3v) is 8.44. The van der Waals surface area contributed by atoms with Crippen LogP contribution in [0.5, 0.6) is 17.2 Å². The largest absolute Gasteiger partial charge is 0.493 e. The Morgan fingerprint density at radius 2 is 1.61 bits per heavy atom. The van der Waals surface area contributed by atoms with Crippen molar-refractivity contribution in [2.24, 2.45) is 0 Å². The minimum Gasteiger partial charge on any atom is -0.493 e. The van der Waals surface area contributed by atoms with E-state index in [9.17, 15) is 18.4 Å². The maximum absolute atomic E-state index is 14.5. The second kappa shape index (κ2) is 15.2. The molecule has 0 unspecified atom stereocenters. The molecule has 0 N–H and O–H groups in total. The van der Waals surface area contributed by atoms with E-state index in [4.69, 9.17) is 18.9 Å². The van der Waals surface area contributed by atoms with Crippen LogP contribution in [0.1, 0.15) is 69.3 Å². The fraction of sp³-hybridized carbons (Fsp3) is 0.543. The number of hydrogen-bond donors (Lipinski definition) is 0. The molecule has 0 aromatic heterocycles. The topological polar surface area (TPSA) is 80.8 Å². The van der Waals surface area contributed by atoms with Gasteiger partial charge in [0.05, 0.1) is 21.3 Å².